The molecule has 1 aliphatic heterocycles. The molecule has 2 atom stereocenters. The highest BCUT2D eigenvalue weighted by atomic mass is 19.2. The van der Waals surface area contributed by atoms with Gasteiger partial charge in [0, 0.05) is 18.6 Å². The van der Waals surface area contributed by atoms with Crippen LogP contribution in [0.1, 0.15) is 13.3 Å². The first-order valence-electron chi connectivity index (χ1n) is 5.79. The molecule has 2 nitrogen and oxygen atoms in total. The van der Waals surface area contributed by atoms with Gasteiger partial charge in [0.2, 0.25) is 5.82 Å². The number of nitrogens with one attached hydrogen (secondary N) is 1. The van der Waals surface area contributed by atoms with Crippen LogP contribution in [-0.4, -0.2) is 19.3 Å². The molecule has 0 spiro atoms. The lowest BCUT2D eigenvalue weighted by molar-refractivity contribution is 0.183. The largest absolute Gasteiger partial charge is 0.381 e. The van der Waals surface area contributed by atoms with Gasteiger partial charge in [-0.25, -0.2) is 22.0 Å². The summed E-state index contributed by atoms with van der Waals surface area (Å²) in [7, 11) is 0. The van der Waals surface area contributed by atoms with Crippen molar-refractivity contribution in [3.8, 4) is 0 Å². The Morgan fingerprint density at radius 1 is 1.00 bits per heavy atom. The fourth-order valence-electron chi connectivity index (χ4n) is 2.02. The predicted molar refractivity (Wildman–Crippen MR) is 58.2 cm³/mol. The van der Waals surface area contributed by atoms with Crippen LogP contribution >= 0.6 is 0 Å². The molecule has 2 rings (SSSR count). The molecule has 1 aromatic carbocycles. The van der Waals surface area contributed by atoms with Crippen molar-refractivity contribution < 1.29 is 26.7 Å². The number of halogens is 5. The van der Waals surface area contributed by atoms with Crippen LogP contribution in [0.2, 0.25) is 0 Å². The Balaban J connectivity index is 2.29. The number of benzene rings is 1. The fraction of sp³-hybridized carbons (Fsp3) is 0.500. The molecule has 1 N–H and O–H groups in total. The van der Waals surface area contributed by atoms with E-state index in [2.05, 4.69) is 5.32 Å². The summed E-state index contributed by atoms with van der Waals surface area (Å²) in [6.07, 6.45) is 0.670. The molecule has 1 aromatic rings. The summed E-state index contributed by atoms with van der Waals surface area (Å²) in [5, 5.41) is 2.35. The van der Waals surface area contributed by atoms with Crippen molar-refractivity contribution in [2.24, 2.45) is 5.92 Å². The number of rotatable bonds is 3. The molecule has 7 heteroatoms. The van der Waals surface area contributed by atoms with Crippen molar-refractivity contribution in [3.63, 3.8) is 0 Å². The summed E-state index contributed by atoms with van der Waals surface area (Å²) >= 11 is 0. The van der Waals surface area contributed by atoms with Crippen LogP contribution in [0.5, 0.6) is 0 Å². The average Bonchev–Trinajstić information content (AvgIpc) is 2.93. The van der Waals surface area contributed by atoms with E-state index in [1.807, 2.05) is 0 Å². The van der Waals surface area contributed by atoms with E-state index >= 15 is 0 Å². The van der Waals surface area contributed by atoms with Crippen molar-refractivity contribution in [1.82, 2.24) is 0 Å². The van der Waals surface area contributed by atoms with Crippen molar-refractivity contribution in [1.29, 1.82) is 0 Å². The lowest BCUT2D eigenvalue weighted by Gasteiger charge is -2.21. The van der Waals surface area contributed by atoms with Crippen LogP contribution in [0.15, 0.2) is 0 Å². The van der Waals surface area contributed by atoms with Gasteiger partial charge < -0.3 is 10.1 Å². The van der Waals surface area contributed by atoms with Gasteiger partial charge in [0.15, 0.2) is 23.3 Å². The molecular formula is C12H12F5NO. The van der Waals surface area contributed by atoms with E-state index in [1.54, 1.807) is 6.92 Å². The van der Waals surface area contributed by atoms with E-state index in [0.29, 0.717) is 19.6 Å². The Bertz CT molecular complexity index is 458. The van der Waals surface area contributed by atoms with Crippen LogP contribution in [0.3, 0.4) is 0 Å². The molecule has 2 unspecified atom stereocenters. The van der Waals surface area contributed by atoms with Gasteiger partial charge in [-0.05, 0) is 13.3 Å². The molecule has 106 valence electrons. The summed E-state index contributed by atoms with van der Waals surface area (Å²) in [5.41, 5.74) is -0.990. The molecule has 0 radical (unpaired) electrons. The van der Waals surface area contributed by atoms with Crippen LogP contribution in [-0.2, 0) is 4.74 Å². The Morgan fingerprint density at radius 2 is 1.53 bits per heavy atom. The second-order valence-electron chi connectivity index (χ2n) is 4.50. The number of hydrogen-bond acceptors (Lipinski definition) is 2. The Morgan fingerprint density at radius 3 is 2.00 bits per heavy atom. The lowest BCUT2D eigenvalue weighted by atomic mass is 10.0. The maximum absolute atomic E-state index is 13.4. The highest BCUT2D eigenvalue weighted by Gasteiger charge is 2.29. The normalized spacial score (nSPS) is 20.6. The Kier molecular flexibility index (Phi) is 3.93. The first-order chi connectivity index (χ1) is 8.93. The summed E-state index contributed by atoms with van der Waals surface area (Å²) in [4.78, 5) is 0. The standard InChI is InChI=1S/C12H12F5NO/c1-5(6-2-3-19-4-6)18-12-10(16)8(14)7(13)9(15)11(12)17/h5-6,18H,2-4H2,1H3. The second kappa shape index (κ2) is 5.32. The van der Waals surface area contributed by atoms with Crippen LogP contribution in [0.25, 0.3) is 0 Å². The van der Waals surface area contributed by atoms with Crippen molar-refractivity contribution >= 4 is 5.69 Å². The van der Waals surface area contributed by atoms with E-state index in [9.17, 15) is 22.0 Å². The number of ether oxygens (including phenoxy) is 1. The first-order valence-corrected chi connectivity index (χ1v) is 5.79. The van der Waals surface area contributed by atoms with Gasteiger partial charge in [-0.1, -0.05) is 0 Å². The second-order valence-corrected chi connectivity index (χ2v) is 4.50. The Labute approximate surface area is 106 Å². The zero-order valence-corrected chi connectivity index (χ0v) is 10.1. The third kappa shape index (κ3) is 2.51. The maximum atomic E-state index is 13.4. The smallest absolute Gasteiger partial charge is 0.200 e. The maximum Gasteiger partial charge on any atom is 0.200 e. The third-order valence-corrected chi connectivity index (χ3v) is 3.25. The van der Waals surface area contributed by atoms with Gasteiger partial charge in [-0.3, -0.25) is 0 Å². The van der Waals surface area contributed by atoms with Crippen molar-refractivity contribution in [2.45, 2.75) is 19.4 Å². The van der Waals surface area contributed by atoms with Gasteiger partial charge in [-0.15, -0.1) is 0 Å². The van der Waals surface area contributed by atoms with E-state index in [1.165, 1.54) is 0 Å². The van der Waals surface area contributed by atoms with Crippen molar-refractivity contribution in [3.05, 3.63) is 29.1 Å². The fourth-order valence-corrected chi connectivity index (χ4v) is 2.02. The quantitative estimate of drug-likeness (QED) is 0.522. The molecule has 0 saturated carbocycles. The van der Waals surface area contributed by atoms with E-state index < -0.39 is 40.8 Å². The minimum atomic E-state index is -2.16. The number of anilines is 1. The van der Waals surface area contributed by atoms with Crippen molar-refractivity contribution in [2.75, 3.05) is 18.5 Å². The van der Waals surface area contributed by atoms with Gasteiger partial charge in [0.05, 0.1) is 6.61 Å². The van der Waals surface area contributed by atoms with Gasteiger partial charge in [-0.2, -0.15) is 0 Å². The molecule has 0 amide bonds. The SMILES string of the molecule is CC(Nc1c(F)c(F)c(F)c(F)c1F)C1CCOC1. The summed E-state index contributed by atoms with van der Waals surface area (Å²) < 4.78 is 70.8. The minimum absolute atomic E-state index is 0.0324. The van der Waals surface area contributed by atoms with Gasteiger partial charge in [0.1, 0.15) is 5.69 Å². The first kappa shape index (κ1) is 14.0. The topological polar surface area (TPSA) is 21.3 Å². The third-order valence-electron chi connectivity index (χ3n) is 3.25. The minimum Gasteiger partial charge on any atom is -0.381 e. The molecule has 0 aromatic heterocycles. The molecule has 19 heavy (non-hydrogen) atoms. The highest BCUT2D eigenvalue weighted by Crippen LogP contribution is 2.29. The summed E-state index contributed by atoms with van der Waals surface area (Å²) in [6.45, 7) is 2.52. The van der Waals surface area contributed by atoms with Crippen LogP contribution < -0.4 is 5.32 Å². The Hall–Kier alpha value is -1.37. The zero-order valence-electron chi connectivity index (χ0n) is 10.1. The van der Waals surface area contributed by atoms with Crippen LogP contribution in [0, 0.1) is 35.0 Å². The molecule has 1 aliphatic rings. The molecule has 0 aliphatic carbocycles. The molecule has 1 heterocycles. The molecule has 1 fully saturated rings. The van der Waals surface area contributed by atoms with E-state index in [-0.39, 0.29) is 5.92 Å². The van der Waals surface area contributed by atoms with E-state index in [4.69, 9.17) is 4.74 Å². The molecule has 0 bridgehead atoms. The molecule has 1 saturated heterocycles. The number of hydrogen-bond donors (Lipinski definition) is 1. The average molecular weight is 281 g/mol. The predicted octanol–water partition coefficient (Wildman–Crippen LogP) is 3.22. The highest BCUT2D eigenvalue weighted by molar-refractivity contribution is 5.48. The summed E-state index contributed by atoms with van der Waals surface area (Å²) in [5.74, 6) is -9.77. The summed E-state index contributed by atoms with van der Waals surface area (Å²) in [6, 6.07) is -0.462. The molecular weight excluding hydrogens is 269 g/mol. The van der Waals surface area contributed by atoms with Crippen LogP contribution in [0.4, 0.5) is 27.6 Å². The monoisotopic (exact) mass is 281 g/mol. The zero-order chi connectivity index (χ0) is 14.2. The van der Waals surface area contributed by atoms with Gasteiger partial charge in [0.25, 0.3) is 0 Å². The lowest BCUT2D eigenvalue weighted by Crippen LogP contribution is -2.27. The van der Waals surface area contributed by atoms with E-state index in [0.717, 1.165) is 0 Å². The van der Waals surface area contributed by atoms with Gasteiger partial charge >= 0.3 is 0 Å².